The molecule has 64 heavy (non-hydrogen) atoms. The fourth-order valence-electron chi connectivity index (χ4n) is 9.48. The van der Waals surface area contributed by atoms with Crippen LogP contribution >= 0.6 is 0 Å². The lowest BCUT2D eigenvalue weighted by atomic mass is 9.96. The van der Waals surface area contributed by atoms with Gasteiger partial charge in [-0.05, 0) is 120 Å². The zero-order valence-electron chi connectivity index (χ0n) is 35.0. The molecule has 0 amide bonds. The van der Waals surface area contributed by atoms with Gasteiger partial charge in [-0.2, -0.15) is 0 Å². The van der Waals surface area contributed by atoms with E-state index in [1.54, 1.807) is 0 Å². The maximum Gasteiger partial charge on any atom is 0.136 e. The van der Waals surface area contributed by atoms with Crippen LogP contribution in [0.15, 0.2) is 253 Å². The Morgan fingerprint density at radius 2 is 0.641 bits per heavy atom. The van der Waals surface area contributed by atoms with Crippen LogP contribution in [0.2, 0.25) is 0 Å². The zero-order chi connectivity index (χ0) is 42.4. The summed E-state index contributed by atoms with van der Waals surface area (Å²) in [5.74, 6) is 0. The van der Waals surface area contributed by atoms with Crippen LogP contribution in [0.1, 0.15) is 0 Å². The van der Waals surface area contributed by atoms with Crippen LogP contribution < -0.4 is 4.90 Å². The van der Waals surface area contributed by atoms with Crippen molar-refractivity contribution in [2.45, 2.75) is 0 Å². The van der Waals surface area contributed by atoms with Crippen molar-refractivity contribution in [2.24, 2.45) is 0 Å². The summed E-state index contributed by atoms with van der Waals surface area (Å²) in [4.78, 5) is 2.37. The Kier molecular flexibility index (Phi) is 9.20. The van der Waals surface area contributed by atoms with Crippen molar-refractivity contribution in [3.63, 3.8) is 0 Å². The minimum absolute atomic E-state index is 0.881. The summed E-state index contributed by atoms with van der Waals surface area (Å²) >= 11 is 0. The summed E-state index contributed by atoms with van der Waals surface area (Å²) in [7, 11) is 0. The lowest BCUT2D eigenvalue weighted by molar-refractivity contribution is 0.669. The summed E-state index contributed by atoms with van der Waals surface area (Å²) in [5, 5.41) is 7.29. The number of benzene rings is 11. The molecule has 0 N–H and O–H groups in total. The summed E-state index contributed by atoms with van der Waals surface area (Å²) in [6.45, 7) is 0. The molecule has 0 saturated carbocycles. The molecular weight excluding hydrogens is 775 g/mol. The van der Waals surface area contributed by atoms with E-state index in [4.69, 9.17) is 4.42 Å². The molecule has 0 fully saturated rings. The summed E-state index contributed by atoms with van der Waals surface area (Å²) in [5.41, 5.74) is 16.8. The van der Waals surface area contributed by atoms with Gasteiger partial charge in [-0.1, -0.05) is 200 Å². The Hall–Kier alpha value is -8.46. The molecule has 12 aromatic rings. The van der Waals surface area contributed by atoms with E-state index >= 15 is 0 Å². The quantitative estimate of drug-likeness (QED) is 0.152. The lowest BCUT2D eigenvalue weighted by Gasteiger charge is -2.28. The highest BCUT2D eigenvalue weighted by molar-refractivity contribution is 6.06. The number of rotatable bonds is 8. The summed E-state index contributed by atoms with van der Waals surface area (Å²) in [6, 6.07) is 89.6. The topological polar surface area (TPSA) is 16.4 Å². The minimum atomic E-state index is 0.881. The molecule has 0 aliphatic rings. The van der Waals surface area contributed by atoms with Crippen LogP contribution in [-0.4, -0.2) is 0 Å². The van der Waals surface area contributed by atoms with Gasteiger partial charge >= 0.3 is 0 Å². The molecule has 0 aliphatic carbocycles. The molecule has 0 radical (unpaired) electrons. The average Bonchev–Trinajstić information content (AvgIpc) is 3.75. The molecule has 0 spiro atoms. The van der Waals surface area contributed by atoms with Crippen LogP contribution in [0.5, 0.6) is 0 Å². The van der Waals surface area contributed by atoms with E-state index in [0.717, 1.165) is 50.1 Å². The first-order chi connectivity index (χ1) is 31.7. The van der Waals surface area contributed by atoms with Gasteiger partial charge in [0, 0.05) is 27.7 Å². The second kappa shape index (κ2) is 15.8. The molecule has 0 saturated heterocycles. The van der Waals surface area contributed by atoms with Crippen molar-refractivity contribution >= 4 is 60.5 Å². The summed E-state index contributed by atoms with van der Waals surface area (Å²) < 4.78 is 6.38. The van der Waals surface area contributed by atoms with Crippen molar-refractivity contribution < 1.29 is 4.42 Å². The number of nitrogens with zero attached hydrogens (tertiary/aromatic N) is 1. The summed E-state index contributed by atoms with van der Waals surface area (Å²) in [6.07, 6.45) is 0. The first-order valence-corrected chi connectivity index (χ1v) is 21.9. The van der Waals surface area contributed by atoms with Crippen molar-refractivity contribution in [1.29, 1.82) is 0 Å². The average molecular weight is 816 g/mol. The molecule has 2 heteroatoms. The van der Waals surface area contributed by atoms with Crippen molar-refractivity contribution in [3.8, 4) is 55.6 Å². The maximum absolute atomic E-state index is 6.38. The zero-order valence-corrected chi connectivity index (χ0v) is 35.0. The smallest absolute Gasteiger partial charge is 0.136 e. The molecule has 0 aliphatic heterocycles. The molecule has 2 nitrogen and oxygen atoms in total. The third kappa shape index (κ3) is 6.70. The molecular formula is C62H41NO. The third-order valence-electron chi connectivity index (χ3n) is 12.7. The van der Waals surface area contributed by atoms with E-state index in [0.29, 0.717) is 0 Å². The fraction of sp³-hybridized carbons (Fsp3) is 0. The molecule has 0 atom stereocenters. The number of fused-ring (bicyclic) bond motifs is 5. The first kappa shape index (κ1) is 37.3. The highest BCUT2D eigenvalue weighted by atomic mass is 16.3. The van der Waals surface area contributed by atoms with Crippen LogP contribution in [0.4, 0.5) is 17.1 Å². The molecule has 11 aromatic carbocycles. The van der Waals surface area contributed by atoms with Gasteiger partial charge in [-0.25, -0.2) is 0 Å². The molecule has 300 valence electrons. The number of hydrogen-bond acceptors (Lipinski definition) is 2. The maximum atomic E-state index is 6.38. The Bertz CT molecular complexity index is 3460. The van der Waals surface area contributed by atoms with Crippen LogP contribution in [0.3, 0.4) is 0 Å². The van der Waals surface area contributed by atoms with Gasteiger partial charge in [0.2, 0.25) is 0 Å². The highest BCUT2D eigenvalue weighted by Gasteiger charge is 2.19. The predicted octanol–water partition coefficient (Wildman–Crippen LogP) is 17.7. The van der Waals surface area contributed by atoms with Gasteiger partial charge in [0.15, 0.2) is 0 Å². The second-order valence-electron chi connectivity index (χ2n) is 16.5. The van der Waals surface area contributed by atoms with Gasteiger partial charge in [0.05, 0.1) is 5.69 Å². The third-order valence-corrected chi connectivity index (χ3v) is 12.7. The van der Waals surface area contributed by atoms with Gasteiger partial charge in [0.1, 0.15) is 11.2 Å². The van der Waals surface area contributed by atoms with Gasteiger partial charge < -0.3 is 9.32 Å². The van der Waals surface area contributed by atoms with E-state index in [9.17, 15) is 0 Å². The highest BCUT2D eigenvalue weighted by Crippen LogP contribution is 2.43. The van der Waals surface area contributed by atoms with Crippen molar-refractivity contribution in [2.75, 3.05) is 4.90 Å². The van der Waals surface area contributed by atoms with Gasteiger partial charge in [0.25, 0.3) is 0 Å². The SMILES string of the molecule is c1ccc(N(c2ccc(-c3ccc(-c4cccc5ccccc45)cc3)cc2)c2ccc(-c3ccc(-c4cccc5ccccc45)cc3)cc2)c(-c2ccc3c(c2)oc2ccccc23)c1. The molecule has 1 aromatic heterocycles. The monoisotopic (exact) mass is 815 g/mol. The van der Waals surface area contributed by atoms with Crippen LogP contribution in [0.25, 0.3) is 99.1 Å². The van der Waals surface area contributed by atoms with Crippen LogP contribution in [-0.2, 0) is 0 Å². The fourth-order valence-corrected chi connectivity index (χ4v) is 9.48. The number of para-hydroxylation sites is 2. The van der Waals surface area contributed by atoms with Gasteiger partial charge in [-0.15, -0.1) is 0 Å². The molecule has 0 bridgehead atoms. The van der Waals surface area contributed by atoms with E-state index in [-0.39, 0.29) is 0 Å². The Labute approximate surface area is 372 Å². The van der Waals surface area contributed by atoms with E-state index in [1.807, 2.05) is 12.1 Å². The number of furan rings is 1. The van der Waals surface area contributed by atoms with Gasteiger partial charge in [-0.3, -0.25) is 0 Å². The van der Waals surface area contributed by atoms with Crippen molar-refractivity contribution in [3.05, 3.63) is 249 Å². The predicted molar refractivity (Wildman–Crippen MR) is 271 cm³/mol. The number of anilines is 3. The van der Waals surface area contributed by atoms with E-state index in [1.165, 1.54) is 66.1 Å². The Morgan fingerprint density at radius 3 is 1.20 bits per heavy atom. The van der Waals surface area contributed by atoms with E-state index < -0.39 is 0 Å². The minimum Gasteiger partial charge on any atom is -0.456 e. The Balaban J connectivity index is 0.911. The first-order valence-electron chi connectivity index (χ1n) is 21.9. The largest absolute Gasteiger partial charge is 0.456 e. The molecule has 12 rings (SSSR count). The van der Waals surface area contributed by atoms with E-state index in [2.05, 4.69) is 241 Å². The van der Waals surface area contributed by atoms with Crippen LogP contribution in [0, 0.1) is 0 Å². The second-order valence-corrected chi connectivity index (χ2v) is 16.5. The lowest BCUT2D eigenvalue weighted by Crippen LogP contribution is -2.11. The van der Waals surface area contributed by atoms with Crippen molar-refractivity contribution in [1.82, 2.24) is 0 Å². The Morgan fingerprint density at radius 1 is 0.250 bits per heavy atom. The standard InChI is InChI=1S/C62H41NO/c1-3-15-53-46(11-1)13-9-19-55(53)48-27-23-42(24-28-48)44-31-36-51(37-32-44)63(60-21-7-5-17-57(60)50-35-40-59-58-18-6-8-22-61(58)64-62(59)41-50)52-38-33-45(34-39-52)43-25-29-49(30-26-43)56-20-10-14-47-12-2-4-16-54(47)56/h1-41H. The molecule has 1 heterocycles. The number of hydrogen-bond donors (Lipinski definition) is 0. The normalized spacial score (nSPS) is 11.4. The molecule has 0 unspecified atom stereocenters.